The smallest absolute Gasteiger partial charge is 0.323 e. The molecule has 3 aromatic rings. The van der Waals surface area contributed by atoms with E-state index in [0.29, 0.717) is 39.0 Å². The van der Waals surface area contributed by atoms with Gasteiger partial charge in [0.25, 0.3) is 10.2 Å². The van der Waals surface area contributed by atoms with Crippen LogP contribution in [0.2, 0.25) is 0 Å². The Morgan fingerprint density at radius 2 is 1.55 bits per heavy atom. The van der Waals surface area contributed by atoms with Crippen molar-refractivity contribution in [2.45, 2.75) is 25.8 Å². The number of hydrogen-bond acceptors (Lipinski definition) is 6. The maximum Gasteiger partial charge on any atom is 0.323 e. The summed E-state index contributed by atoms with van der Waals surface area (Å²) in [5.74, 6) is 6.71. The molecule has 0 bridgehead atoms. The predicted octanol–water partition coefficient (Wildman–Crippen LogP) is 3.55. The third-order valence-corrected chi connectivity index (χ3v) is 8.19. The van der Waals surface area contributed by atoms with E-state index in [1.807, 2.05) is 61.5 Å². The summed E-state index contributed by atoms with van der Waals surface area (Å²) in [4.78, 5) is 14.1. The van der Waals surface area contributed by atoms with Crippen molar-refractivity contribution in [2.24, 2.45) is 0 Å². The zero-order valence-corrected chi connectivity index (χ0v) is 22.8. The number of esters is 1. The van der Waals surface area contributed by atoms with Gasteiger partial charge in [0, 0.05) is 43.0 Å². The van der Waals surface area contributed by atoms with Gasteiger partial charge in [0.2, 0.25) is 0 Å². The van der Waals surface area contributed by atoms with Crippen LogP contribution in [0.25, 0.3) is 10.8 Å². The minimum absolute atomic E-state index is 0.324. The number of nitrogens with zero attached hydrogens (tertiary/aromatic N) is 2. The minimum Gasteiger partial charge on any atom is -0.497 e. The number of methoxy groups -OCH3 is 2. The lowest BCUT2D eigenvalue weighted by atomic mass is 10.1. The molecule has 0 unspecified atom stereocenters. The van der Waals surface area contributed by atoms with Crippen LogP contribution in [0, 0.1) is 11.8 Å². The number of carbonyl (C=O) groups is 1. The second-order valence-electron chi connectivity index (χ2n) is 9.10. The molecule has 1 N–H and O–H groups in total. The largest absolute Gasteiger partial charge is 0.497 e. The van der Waals surface area contributed by atoms with Crippen LogP contribution in [-0.2, 0) is 19.7 Å². The van der Waals surface area contributed by atoms with E-state index in [1.54, 1.807) is 7.11 Å². The Morgan fingerprint density at radius 1 is 0.921 bits per heavy atom. The number of benzene rings is 3. The molecule has 1 fully saturated rings. The summed E-state index contributed by atoms with van der Waals surface area (Å²) >= 11 is 0. The molecular weight excluding hydrogens is 502 g/mol. The van der Waals surface area contributed by atoms with Crippen LogP contribution >= 0.6 is 0 Å². The van der Waals surface area contributed by atoms with E-state index in [1.165, 1.54) is 11.4 Å². The fourth-order valence-electron chi connectivity index (χ4n) is 4.43. The highest BCUT2D eigenvalue weighted by molar-refractivity contribution is 7.87. The Labute approximate surface area is 224 Å². The highest BCUT2D eigenvalue weighted by Crippen LogP contribution is 2.22. The van der Waals surface area contributed by atoms with Gasteiger partial charge in [-0.05, 0) is 65.7 Å². The number of anilines is 1. The highest BCUT2D eigenvalue weighted by Gasteiger charge is 2.31. The van der Waals surface area contributed by atoms with Crippen LogP contribution in [0.3, 0.4) is 0 Å². The van der Waals surface area contributed by atoms with E-state index in [2.05, 4.69) is 27.5 Å². The maximum absolute atomic E-state index is 12.8. The molecule has 4 rings (SSSR count). The van der Waals surface area contributed by atoms with Crippen LogP contribution in [-0.4, -0.2) is 65.1 Å². The van der Waals surface area contributed by atoms with E-state index in [9.17, 15) is 13.2 Å². The molecule has 3 aromatic carbocycles. The Kier molecular flexibility index (Phi) is 8.89. The van der Waals surface area contributed by atoms with Crippen LogP contribution in [0.5, 0.6) is 5.75 Å². The van der Waals surface area contributed by atoms with Crippen molar-refractivity contribution < 1.29 is 22.7 Å². The summed E-state index contributed by atoms with van der Waals surface area (Å²) < 4.78 is 39.6. The lowest BCUT2D eigenvalue weighted by Crippen LogP contribution is -2.55. The van der Waals surface area contributed by atoms with Crippen molar-refractivity contribution in [2.75, 3.05) is 45.3 Å². The fraction of sp³-hybridized carbons (Fsp3) is 0.345. The van der Waals surface area contributed by atoms with Gasteiger partial charge in [0.05, 0.1) is 14.2 Å². The zero-order valence-electron chi connectivity index (χ0n) is 21.9. The van der Waals surface area contributed by atoms with E-state index >= 15 is 0 Å². The molecule has 0 aliphatic carbocycles. The number of hydrogen-bond donors (Lipinski definition) is 1. The molecule has 1 atom stereocenters. The van der Waals surface area contributed by atoms with E-state index < -0.39 is 22.2 Å². The van der Waals surface area contributed by atoms with Gasteiger partial charge in [-0.15, -0.1) is 0 Å². The van der Waals surface area contributed by atoms with Crippen LogP contribution in [0.4, 0.5) is 5.69 Å². The third-order valence-electron chi connectivity index (χ3n) is 6.56. The average molecular weight is 536 g/mol. The summed E-state index contributed by atoms with van der Waals surface area (Å²) in [5.41, 5.74) is 2.85. The van der Waals surface area contributed by atoms with Gasteiger partial charge >= 0.3 is 5.97 Å². The quantitative estimate of drug-likeness (QED) is 0.351. The molecule has 1 saturated heterocycles. The molecule has 0 radical (unpaired) electrons. The Bertz CT molecular complexity index is 1440. The number of carbonyl (C=O) groups excluding carboxylic acids is 1. The number of ether oxygens (including phenoxy) is 2. The van der Waals surface area contributed by atoms with E-state index in [0.717, 1.165) is 33.3 Å². The lowest BCUT2D eigenvalue weighted by molar-refractivity contribution is -0.142. The second kappa shape index (κ2) is 12.3. The molecule has 9 heteroatoms. The van der Waals surface area contributed by atoms with Crippen LogP contribution < -0.4 is 14.4 Å². The summed E-state index contributed by atoms with van der Waals surface area (Å²) in [6, 6.07) is 19.2. The summed E-state index contributed by atoms with van der Waals surface area (Å²) in [5, 5.41) is 2.21. The normalized spacial score (nSPS) is 15.0. The highest BCUT2D eigenvalue weighted by atomic mass is 32.2. The third kappa shape index (κ3) is 6.64. The van der Waals surface area contributed by atoms with Crippen molar-refractivity contribution in [3.05, 3.63) is 71.8 Å². The summed E-state index contributed by atoms with van der Waals surface area (Å²) in [6.45, 7) is 3.63. The first-order valence-corrected chi connectivity index (χ1v) is 14.1. The van der Waals surface area contributed by atoms with Crippen LogP contribution in [0.1, 0.15) is 30.9 Å². The molecule has 1 heterocycles. The van der Waals surface area contributed by atoms with Crippen molar-refractivity contribution in [3.8, 4) is 17.6 Å². The minimum atomic E-state index is -3.79. The lowest BCUT2D eigenvalue weighted by Gasteiger charge is -2.35. The zero-order chi connectivity index (χ0) is 27.1. The fourth-order valence-corrected chi connectivity index (χ4v) is 5.79. The second-order valence-corrected chi connectivity index (χ2v) is 10.8. The topological polar surface area (TPSA) is 88.2 Å². The predicted molar refractivity (Wildman–Crippen MR) is 149 cm³/mol. The summed E-state index contributed by atoms with van der Waals surface area (Å²) in [6.07, 6.45) is 1.05. The first kappa shape index (κ1) is 27.5. The van der Waals surface area contributed by atoms with Gasteiger partial charge < -0.3 is 14.4 Å². The van der Waals surface area contributed by atoms with Crippen LogP contribution in [0.15, 0.2) is 60.7 Å². The molecule has 38 heavy (non-hydrogen) atoms. The number of fused-ring (bicyclic) bond motifs is 1. The standard InChI is InChI=1S/C29H33N3O5S/c1-4-5-28(29(33)37-3)30-38(34,35)32-18-16-31(17-19-32)26-13-9-22(10-14-26)6-7-23-8-11-25-21-27(36-2)15-12-24(25)20-23/h8-15,20-21,28,30H,4-5,16-19H2,1-3H3/t28-/m0/s1. The van der Waals surface area contributed by atoms with E-state index in [-0.39, 0.29) is 0 Å². The van der Waals surface area contributed by atoms with Gasteiger partial charge in [-0.1, -0.05) is 37.3 Å². The van der Waals surface area contributed by atoms with Gasteiger partial charge in [0.1, 0.15) is 11.8 Å². The van der Waals surface area contributed by atoms with Crippen molar-refractivity contribution >= 4 is 32.6 Å². The SMILES string of the molecule is CCC[C@H](NS(=O)(=O)N1CCN(c2ccc(C#Cc3ccc4cc(OC)ccc4c3)cc2)CC1)C(=O)OC. The van der Waals surface area contributed by atoms with Gasteiger partial charge in [0.15, 0.2) is 0 Å². The molecule has 0 spiro atoms. The van der Waals surface area contributed by atoms with Crippen molar-refractivity contribution in [1.29, 1.82) is 0 Å². The van der Waals surface area contributed by atoms with Gasteiger partial charge in [-0.3, -0.25) is 4.79 Å². The molecular formula is C29H33N3O5S. The Hall–Kier alpha value is -3.58. The number of rotatable bonds is 8. The Balaban J connectivity index is 1.36. The van der Waals surface area contributed by atoms with E-state index in [4.69, 9.17) is 9.47 Å². The molecule has 0 saturated carbocycles. The molecule has 1 aliphatic heterocycles. The first-order chi connectivity index (χ1) is 18.3. The van der Waals surface area contributed by atoms with Gasteiger partial charge in [-0.25, -0.2) is 0 Å². The van der Waals surface area contributed by atoms with Crippen molar-refractivity contribution in [1.82, 2.24) is 9.03 Å². The monoisotopic (exact) mass is 535 g/mol. The van der Waals surface area contributed by atoms with Crippen molar-refractivity contribution in [3.63, 3.8) is 0 Å². The molecule has 1 aliphatic rings. The number of piperazine rings is 1. The molecule has 0 aromatic heterocycles. The molecule has 0 amide bonds. The number of nitrogens with one attached hydrogen (secondary N) is 1. The summed E-state index contributed by atoms with van der Waals surface area (Å²) in [7, 11) is -0.873. The van der Waals surface area contributed by atoms with Gasteiger partial charge in [-0.2, -0.15) is 17.4 Å². The Morgan fingerprint density at radius 3 is 2.21 bits per heavy atom. The molecule has 200 valence electrons. The molecule has 8 nitrogen and oxygen atoms in total. The average Bonchev–Trinajstić information content (AvgIpc) is 2.95. The first-order valence-electron chi connectivity index (χ1n) is 12.6. The maximum atomic E-state index is 12.8.